The lowest BCUT2D eigenvalue weighted by atomic mass is 9.98. The molecule has 11 nitrogen and oxygen atoms in total. The first-order chi connectivity index (χ1) is 25.3. The maximum atomic E-state index is 13.7. The second kappa shape index (κ2) is 17.1. The summed E-state index contributed by atoms with van der Waals surface area (Å²) in [7, 11) is 1.31. The van der Waals surface area contributed by atoms with Gasteiger partial charge in [0, 0.05) is 22.7 Å². The van der Waals surface area contributed by atoms with Crippen molar-refractivity contribution in [3.05, 3.63) is 143 Å². The van der Waals surface area contributed by atoms with Gasteiger partial charge in [-0.1, -0.05) is 113 Å². The highest BCUT2D eigenvalue weighted by Crippen LogP contribution is 2.33. The number of esters is 1. The highest BCUT2D eigenvalue weighted by atomic mass is 79.9. The lowest BCUT2D eigenvalue weighted by molar-refractivity contribution is -0.290. The van der Waals surface area contributed by atoms with Gasteiger partial charge in [-0.25, -0.2) is 14.4 Å². The van der Waals surface area contributed by atoms with Crippen molar-refractivity contribution < 1.29 is 43.2 Å². The van der Waals surface area contributed by atoms with Crippen molar-refractivity contribution in [1.29, 1.82) is 0 Å². The zero-order valence-electron chi connectivity index (χ0n) is 27.9. The topological polar surface area (TPSA) is 142 Å². The number of methoxy groups -OCH3 is 1. The summed E-state index contributed by atoms with van der Waals surface area (Å²) >= 11 is 3.35. The number of nitrogens with one attached hydrogen (secondary N) is 2. The Labute approximate surface area is 308 Å². The van der Waals surface area contributed by atoms with E-state index in [1.165, 1.54) is 19.2 Å². The average molecular weight is 768 g/mol. The van der Waals surface area contributed by atoms with Crippen LogP contribution in [-0.2, 0) is 23.7 Å². The lowest BCUT2D eigenvalue weighted by Crippen LogP contribution is -2.63. The molecule has 1 fully saturated rings. The molecule has 5 aromatic rings. The van der Waals surface area contributed by atoms with Crippen LogP contribution in [0.15, 0.2) is 138 Å². The van der Waals surface area contributed by atoms with Crippen molar-refractivity contribution >= 4 is 45.5 Å². The molecule has 266 valence electrons. The summed E-state index contributed by atoms with van der Waals surface area (Å²) in [5.74, 6) is -0.793. The fourth-order valence-corrected chi connectivity index (χ4v) is 6.11. The molecule has 1 aliphatic rings. The predicted molar refractivity (Wildman–Crippen MR) is 198 cm³/mol. The van der Waals surface area contributed by atoms with E-state index in [9.17, 15) is 19.5 Å². The van der Waals surface area contributed by atoms with Crippen LogP contribution in [0.25, 0.3) is 22.3 Å². The average Bonchev–Trinajstić information content (AvgIpc) is 3.17. The molecule has 0 spiro atoms. The van der Waals surface area contributed by atoms with Crippen LogP contribution in [0.3, 0.4) is 0 Å². The lowest BCUT2D eigenvalue weighted by Gasteiger charge is -2.43. The molecule has 5 aromatic carbocycles. The Balaban J connectivity index is 1.31. The number of halogens is 1. The van der Waals surface area contributed by atoms with Gasteiger partial charge in [-0.2, -0.15) is 0 Å². The van der Waals surface area contributed by atoms with E-state index in [0.29, 0.717) is 11.4 Å². The minimum absolute atomic E-state index is 0.182. The van der Waals surface area contributed by atoms with Crippen LogP contribution in [0.2, 0.25) is 0 Å². The second-order valence-corrected chi connectivity index (χ2v) is 12.6. The van der Waals surface area contributed by atoms with Gasteiger partial charge >= 0.3 is 18.2 Å². The van der Waals surface area contributed by atoms with Crippen molar-refractivity contribution in [2.45, 2.75) is 30.7 Å². The zero-order chi connectivity index (χ0) is 36.5. The third kappa shape index (κ3) is 8.67. The first-order valence-electron chi connectivity index (χ1n) is 16.3. The second-order valence-electron chi connectivity index (χ2n) is 11.7. The third-order valence-electron chi connectivity index (χ3n) is 8.31. The quantitative estimate of drug-likeness (QED) is 0.0955. The number of benzene rings is 5. The smallest absolute Gasteiger partial charge is 0.412 e. The Bertz CT molecular complexity index is 1980. The molecule has 0 unspecified atom stereocenters. The van der Waals surface area contributed by atoms with E-state index in [1.807, 2.05) is 84.9 Å². The Morgan fingerprint density at radius 1 is 0.635 bits per heavy atom. The molecule has 1 saturated heterocycles. The minimum atomic E-state index is -1.52. The van der Waals surface area contributed by atoms with E-state index in [4.69, 9.17) is 23.7 Å². The van der Waals surface area contributed by atoms with Crippen molar-refractivity contribution in [1.82, 2.24) is 0 Å². The van der Waals surface area contributed by atoms with Gasteiger partial charge in [0.25, 0.3) is 0 Å². The number of aliphatic hydroxyl groups excluding tert-OH is 1. The van der Waals surface area contributed by atoms with Crippen LogP contribution in [0.4, 0.5) is 21.0 Å². The van der Waals surface area contributed by atoms with Crippen LogP contribution in [0.1, 0.15) is 10.4 Å². The molecule has 1 heterocycles. The maximum absolute atomic E-state index is 13.7. The van der Waals surface area contributed by atoms with Gasteiger partial charge < -0.3 is 28.8 Å². The van der Waals surface area contributed by atoms with Gasteiger partial charge in [0.2, 0.25) is 0 Å². The maximum Gasteiger partial charge on any atom is 0.412 e. The largest absolute Gasteiger partial charge is 0.452 e. The minimum Gasteiger partial charge on any atom is -0.452 e. The summed E-state index contributed by atoms with van der Waals surface area (Å²) in [4.78, 5) is 40.8. The Kier molecular flexibility index (Phi) is 11.9. The van der Waals surface area contributed by atoms with Crippen LogP contribution < -0.4 is 10.6 Å². The number of rotatable bonds is 10. The third-order valence-corrected chi connectivity index (χ3v) is 8.84. The molecule has 52 heavy (non-hydrogen) atoms. The summed E-state index contributed by atoms with van der Waals surface area (Å²) in [6, 6.07) is 39.6. The van der Waals surface area contributed by atoms with E-state index in [-0.39, 0.29) is 5.56 Å². The summed E-state index contributed by atoms with van der Waals surface area (Å²) in [5.41, 5.74) is 4.22. The van der Waals surface area contributed by atoms with Crippen LogP contribution in [0.5, 0.6) is 0 Å². The number of aliphatic hydroxyl groups is 1. The molecule has 6 rings (SSSR count). The van der Waals surface area contributed by atoms with Gasteiger partial charge in [0.1, 0.15) is 6.10 Å². The molecule has 0 aliphatic carbocycles. The Morgan fingerprint density at radius 3 is 1.62 bits per heavy atom. The summed E-state index contributed by atoms with van der Waals surface area (Å²) < 4.78 is 29.9. The number of hydrogen-bond acceptors (Lipinski definition) is 9. The Hall–Kier alpha value is -5.53. The zero-order valence-corrected chi connectivity index (χ0v) is 29.5. The molecule has 3 N–H and O–H groups in total. The molecule has 0 aromatic heterocycles. The molecular weight excluding hydrogens is 732 g/mol. The van der Waals surface area contributed by atoms with Gasteiger partial charge in [0.05, 0.1) is 23.5 Å². The van der Waals surface area contributed by atoms with Crippen molar-refractivity contribution in [3.63, 3.8) is 0 Å². The number of carbonyl (C=O) groups excluding carboxylic acids is 3. The number of carbonyl (C=O) groups is 3. The van der Waals surface area contributed by atoms with E-state index in [2.05, 4.69) is 26.6 Å². The first kappa shape index (κ1) is 36.3. The van der Waals surface area contributed by atoms with Gasteiger partial charge in [-0.05, 0) is 47.5 Å². The van der Waals surface area contributed by atoms with E-state index < -0.39 is 55.5 Å². The van der Waals surface area contributed by atoms with E-state index in [0.717, 1.165) is 26.7 Å². The summed E-state index contributed by atoms with van der Waals surface area (Å²) in [6.45, 7) is -0.653. The van der Waals surface area contributed by atoms with Gasteiger partial charge in [0.15, 0.2) is 24.6 Å². The molecular formula is C40H35BrN2O9. The Morgan fingerprint density at radius 2 is 1.12 bits per heavy atom. The van der Waals surface area contributed by atoms with Crippen LogP contribution in [0, 0.1) is 0 Å². The normalized spacial score (nSPS) is 19.6. The summed E-state index contributed by atoms with van der Waals surface area (Å²) in [5, 5.41) is 15.9. The molecule has 5 atom stereocenters. The molecule has 0 radical (unpaired) electrons. The number of amides is 2. The molecule has 0 bridgehead atoms. The number of anilines is 2. The van der Waals surface area contributed by atoms with E-state index in [1.54, 1.807) is 36.4 Å². The highest BCUT2D eigenvalue weighted by molar-refractivity contribution is 9.10. The fraction of sp³-hybridized carbons (Fsp3) is 0.175. The number of hydrogen-bond donors (Lipinski definition) is 3. The van der Waals surface area contributed by atoms with Crippen molar-refractivity contribution in [2.75, 3.05) is 24.4 Å². The molecule has 2 amide bonds. The highest BCUT2D eigenvalue weighted by Gasteiger charge is 2.53. The van der Waals surface area contributed by atoms with Crippen molar-refractivity contribution in [3.8, 4) is 22.3 Å². The standard InChI is InChI=1S/C40H35BrN2O9/c1-48-38-36(52-40(47)43-32-19-11-9-17-30(32)26-14-6-3-7-15-26)35(34(33(24-44)49-38)50-37(45)27-20-22-28(41)23-21-27)51-39(46)42-31-18-10-8-16-29(31)25-12-4-2-5-13-25/h2-23,33-36,38,44H,24H2,1H3,(H,42,46)(H,43,47)/t33-,34-,35+,36+,38+/m1/s1. The number of ether oxygens (including phenoxy) is 5. The van der Waals surface area contributed by atoms with Crippen LogP contribution >= 0.6 is 15.9 Å². The van der Waals surface area contributed by atoms with E-state index >= 15 is 0 Å². The van der Waals surface area contributed by atoms with Crippen molar-refractivity contribution in [2.24, 2.45) is 0 Å². The molecule has 0 saturated carbocycles. The fourth-order valence-electron chi connectivity index (χ4n) is 5.84. The van der Waals surface area contributed by atoms with Gasteiger partial charge in [-0.3, -0.25) is 10.6 Å². The van der Waals surface area contributed by atoms with Crippen LogP contribution in [-0.4, -0.2) is 67.7 Å². The molecule has 12 heteroatoms. The monoisotopic (exact) mass is 766 g/mol. The summed E-state index contributed by atoms with van der Waals surface area (Å²) in [6.07, 6.45) is -8.90. The molecule has 1 aliphatic heterocycles. The van der Waals surface area contributed by atoms with Gasteiger partial charge in [-0.15, -0.1) is 0 Å². The predicted octanol–water partition coefficient (Wildman–Crippen LogP) is 7.91. The first-order valence-corrected chi connectivity index (χ1v) is 17.1. The SMILES string of the molecule is CO[C@H]1O[C@H](CO)[C@@H](OC(=O)c2ccc(Br)cc2)[C@H](OC(=O)Nc2ccccc2-c2ccccc2)[C@@H]1OC(=O)Nc1ccccc1-c1ccccc1. The number of para-hydroxylation sites is 2.